The summed E-state index contributed by atoms with van der Waals surface area (Å²) in [5.41, 5.74) is 1.87. The number of rotatable bonds is 5. The third kappa shape index (κ3) is 3.58. The predicted octanol–water partition coefficient (Wildman–Crippen LogP) is 1.42. The van der Waals surface area contributed by atoms with Gasteiger partial charge in [0.1, 0.15) is 19.0 Å². The van der Waals surface area contributed by atoms with Crippen LogP contribution in [0.2, 0.25) is 0 Å². The Balaban J connectivity index is 1.95. The third-order valence-corrected chi connectivity index (χ3v) is 3.82. The van der Waals surface area contributed by atoms with E-state index in [1.807, 2.05) is 48.5 Å². The first kappa shape index (κ1) is 16.1. The summed E-state index contributed by atoms with van der Waals surface area (Å²) in [4.78, 5) is 11.3. The molecule has 0 aliphatic carbocycles. The average molecular weight is 325 g/mol. The van der Waals surface area contributed by atoms with Crippen LogP contribution in [-0.2, 0) is 16.1 Å². The molecule has 2 aromatic carbocycles. The smallest absolute Gasteiger partial charge is 0.243 e. The fourth-order valence-corrected chi connectivity index (χ4v) is 2.60. The summed E-state index contributed by atoms with van der Waals surface area (Å²) in [6.45, 7) is 2.15. The van der Waals surface area contributed by atoms with E-state index in [9.17, 15) is 10.0 Å². The maximum Gasteiger partial charge on any atom is 0.243 e. The molecule has 0 aromatic heterocycles. The van der Waals surface area contributed by atoms with Crippen molar-refractivity contribution in [1.82, 2.24) is 5.06 Å². The molecule has 3 rings (SSSR count). The molecule has 1 heterocycles. The first-order valence-corrected chi connectivity index (χ1v) is 7.72. The molecule has 5 nitrogen and oxygen atoms in total. The van der Waals surface area contributed by atoms with Gasteiger partial charge in [0.05, 0.1) is 12.8 Å². The number of benzene rings is 2. The van der Waals surface area contributed by atoms with E-state index in [-0.39, 0.29) is 6.54 Å². The minimum absolute atomic E-state index is 0.0852. The van der Waals surface area contributed by atoms with Gasteiger partial charge in [-0.1, -0.05) is 42.5 Å². The van der Waals surface area contributed by atoms with E-state index < -0.39 is 5.91 Å². The number of hydroxylamine groups is 2. The summed E-state index contributed by atoms with van der Waals surface area (Å²) < 4.78 is 11.4. The van der Waals surface area contributed by atoms with E-state index in [1.54, 1.807) is 6.26 Å². The van der Waals surface area contributed by atoms with Gasteiger partial charge in [0, 0.05) is 22.9 Å². The van der Waals surface area contributed by atoms with Crippen LogP contribution in [0.3, 0.4) is 0 Å². The highest BCUT2D eigenvalue weighted by molar-refractivity contribution is 5.73. The van der Waals surface area contributed by atoms with Crippen molar-refractivity contribution in [3.05, 3.63) is 64.5 Å². The summed E-state index contributed by atoms with van der Waals surface area (Å²) in [5, 5.41) is 12.2. The van der Waals surface area contributed by atoms with Gasteiger partial charge in [-0.3, -0.25) is 10.0 Å². The Morgan fingerprint density at radius 3 is 2.75 bits per heavy atom. The normalized spacial score (nSPS) is 12.7. The maximum absolute atomic E-state index is 11.3. The van der Waals surface area contributed by atoms with Crippen LogP contribution in [0.4, 0.5) is 0 Å². The third-order valence-electron chi connectivity index (χ3n) is 3.82. The molecule has 0 radical (unpaired) electrons. The molecule has 0 fully saturated rings. The van der Waals surface area contributed by atoms with Gasteiger partial charge in [-0.15, -0.1) is 0 Å². The molecule has 124 valence electrons. The van der Waals surface area contributed by atoms with Gasteiger partial charge in [0.15, 0.2) is 0 Å². The lowest BCUT2D eigenvalue weighted by Gasteiger charge is -2.19. The molecule has 1 N–H and O–H groups in total. The fraction of sp³-hybridized carbons (Fsp3) is 0.211. The number of carbonyl (C=O) groups is 1. The van der Waals surface area contributed by atoms with Gasteiger partial charge in [-0.2, -0.15) is 0 Å². The van der Waals surface area contributed by atoms with Crippen LogP contribution < -0.4 is 15.2 Å². The van der Waals surface area contributed by atoms with E-state index in [2.05, 4.69) is 0 Å². The Kier molecular flexibility index (Phi) is 4.82. The van der Waals surface area contributed by atoms with Gasteiger partial charge >= 0.3 is 0 Å². The quantitative estimate of drug-likeness (QED) is 0.667. The number of fused-ring (bicyclic) bond motifs is 1. The molecule has 1 amide bonds. The highest BCUT2D eigenvalue weighted by Gasteiger charge is 2.14. The molecule has 24 heavy (non-hydrogen) atoms. The predicted molar refractivity (Wildman–Crippen MR) is 89.5 cm³/mol. The second-order valence-corrected chi connectivity index (χ2v) is 5.60. The summed E-state index contributed by atoms with van der Waals surface area (Å²) in [5.74, 6) is 0.296. The molecule has 0 unspecified atom stereocenters. The van der Waals surface area contributed by atoms with Crippen molar-refractivity contribution >= 4 is 17.7 Å². The zero-order valence-electron chi connectivity index (χ0n) is 13.4. The lowest BCUT2D eigenvalue weighted by atomic mass is 10.1. The minimum atomic E-state index is -0.415. The van der Waals surface area contributed by atoms with E-state index in [0.717, 1.165) is 21.6 Å². The first-order chi connectivity index (χ1) is 11.6. The van der Waals surface area contributed by atoms with Crippen LogP contribution in [0.5, 0.6) is 5.75 Å². The largest absolute Gasteiger partial charge is 0.496 e. The number of hydrogen-bond donors (Lipinski definition) is 1. The second-order valence-electron chi connectivity index (χ2n) is 5.60. The highest BCUT2D eigenvalue weighted by Crippen LogP contribution is 2.10. The molecule has 0 saturated heterocycles. The second kappa shape index (κ2) is 7.19. The number of hydrogen-bond acceptors (Lipinski definition) is 4. The van der Waals surface area contributed by atoms with Crippen molar-refractivity contribution in [3.8, 4) is 5.75 Å². The molecule has 0 spiro atoms. The Morgan fingerprint density at radius 1 is 1.21 bits per heavy atom. The zero-order chi connectivity index (χ0) is 16.9. The molecule has 2 aromatic rings. The lowest BCUT2D eigenvalue weighted by molar-refractivity contribution is -0.159. The topological polar surface area (TPSA) is 59.0 Å². The summed E-state index contributed by atoms with van der Waals surface area (Å²) >= 11 is 0. The van der Waals surface area contributed by atoms with E-state index in [1.165, 1.54) is 6.92 Å². The molecule has 5 heteroatoms. The summed E-state index contributed by atoms with van der Waals surface area (Å²) in [6, 6.07) is 15.6. The van der Waals surface area contributed by atoms with Crippen LogP contribution in [0, 0.1) is 0 Å². The van der Waals surface area contributed by atoms with Gasteiger partial charge in [-0.05, 0) is 11.6 Å². The van der Waals surface area contributed by atoms with Gasteiger partial charge in [0.2, 0.25) is 5.91 Å². The monoisotopic (exact) mass is 325 g/mol. The van der Waals surface area contributed by atoms with Crippen LogP contribution in [0.1, 0.15) is 12.5 Å². The van der Waals surface area contributed by atoms with Gasteiger partial charge < -0.3 is 9.47 Å². The van der Waals surface area contributed by atoms with Crippen LogP contribution >= 0.6 is 0 Å². The Labute approximate surface area is 140 Å². The summed E-state index contributed by atoms with van der Waals surface area (Å²) in [7, 11) is 0. The number of carbonyl (C=O) groups excluding carboxylic acids is 1. The van der Waals surface area contributed by atoms with Crippen molar-refractivity contribution in [2.45, 2.75) is 13.5 Å². The number of amides is 1. The minimum Gasteiger partial charge on any atom is -0.496 e. The summed E-state index contributed by atoms with van der Waals surface area (Å²) in [6.07, 6.45) is 1.67. The molecule has 0 atom stereocenters. The molecular formula is C19H19NO4. The maximum atomic E-state index is 11.3. The van der Waals surface area contributed by atoms with Crippen LogP contribution in [0.25, 0.3) is 11.8 Å². The Bertz CT molecular complexity index is 845. The Hall–Kier alpha value is -2.79. The van der Waals surface area contributed by atoms with E-state index >= 15 is 0 Å². The highest BCUT2D eigenvalue weighted by atomic mass is 16.5. The van der Waals surface area contributed by atoms with Gasteiger partial charge in [-0.25, -0.2) is 5.06 Å². The molecular weight excluding hydrogens is 306 g/mol. The molecule has 0 saturated carbocycles. The van der Waals surface area contributed by atoms with Crippen molar-refractivity contribution in [3.63, 3.8) is 0 Å². The molecule has 0 bridgehead atoms. The van der Waals surface area contributed by atoms with Crippen LogP contribution in [0.15, 0.2) is 48.5 Å². The molecule has 1 aliphatic rings. The standard InChI is InChI=1S/C19H19NO4/c1-14(21)20(22)10-17-13-23-12-16-8-5-9-18(19(16)17)24-11-15-6-3-2-4-7-15/h2-9,12,22H,10-11,13H2,1H3. The van der Waals surface area contributed by atoms with Crippen molar-refractivity contribution in [2.75, 3.05) is 13.2 Å². The van der Waals surface area contributed by atoms with Crippen molar-refractivity contribution in [2.24, 2.45) is 0 Å². The van der Waals surface area contributed by atoms with E-state index in [4.69, 9.17) is 9.47 Å². The molecule has 1 aliphatic heterocycles. The average Bonchev–Trinajstić information content (AvgIpc) is 2.60. The zero-order valence-corrected chi connectivity index (χ0v) is 13.4. The fourth-order valence-electron chi connectivity index (χ4n) is 2.60. The Morgan fingerprint density at radius 2 is 2.00 bits per heavy atom. The first-order valence-electron chi connectivity index (χ1n) is 7.72. The van der Waals surface area contributed by atoms with E-state index in [0.29, 0.717) is 24.0 Å². The SMILES string of the molecule is CC(=O)N(O)CC1=c2c(OCc3ccccc3)cccc2=COC1. The number of ether oxygens (including phenoxy) is 2. The van der Waals surface area contributed by atoms with Gasteiger partial charge in [0.25, 0.3) is 0 Å². The lowest BCUT2D eigenvalue weighted by Crippen LogP contribution is -2.38. The van der Waals surface area contributed by atoms with Crippen LogP contribution in [-0.4, -0.2) is 29.3 Å². The number of nitrogens with zero attached hydrogens (tertiary/aromatic N) is 1. The van der Waals surface area contributed by atoms with Crippen molar-refractivity contribution in [1.29, 1.82) is 0 Å². The van der Waals surface area contributed by atoms with Crippen molar-refractivity contribution < 1.29 is 19.5 Å².